The summed E-state index contributed by atoms with van der Waals surface area (Å²) >= 11 is 1.65. The Bertz CT molecular complexity index is 433. The summed E-state index contributed by atoms with van der Waals surface area (Å²) in [5.74, 6) is 0.798. The fourth-order valence-electron chi connectivity index (χ4n) is 2.01. The molecule has 1 amide bonds. The molecular weight excluding hydrogens is 280 g/mol. The highest BCUT2D eigenvalue weighted by Crippen LogP contribution is 2.23. The third kappa shape index (κ3) is 4.71. The first-order chi connectivity index (χ1) is 8.66. The number of carbonyl (C=O) groups excluding carboxylic acids is 1. The van der Waals surface area contributed by atoms with Gasteiger partial charge in [0.2, 0.25) is 5.91 Å². The van der Waals surface area contributed by atoms with Crippen LogP contribution >= 0.6 is 24.2 Å². The number of piperazine rings is 1. The van der Waals surface area contributed by atoms with Gasteiger partial charge in [0.25, 0.3) is 0 Å². The molecule has 106 valence electrons. The van der Waals surface area contributed by atoms with E-state index >= 15 is 0 Å². The lowest BCUT2D eigenvalue weighted by Gasteiger charge is -2.27. The van der Waals surface area contributed by atoms with Crippen molar-refractivity contribution < 1.29 is 4.79 Å². The van der Waals surface area contributed by atoms with Crippen molar-refractivity contribution >= 4 is 30.1 Å². The number of benzene rings is 1. The Labute approximate surface area is 125 Å². The molecule has 1 saturated heterocycles. The second-order valence-corrected chi connectivity index (χ2v) is 5.71. The van der Waals surface area contributed by atoms with Gasteiger partial charge in [-0.1, -0.05) is 17.7 Å². The van der Waals surface area contributed by atoms with Crippen LogP contribution in [0.25, 0.3) is 0 Å². The van der Waals surface area contributed by atoms with Crippen molar-refractivity contribution in [2.45, 2.75) is 18.7 Å². The minimum Gasteiger partial charge on any atom is -0.339 e. The Morgan fingerprint density at radius 2 is 2.00 bits per heavy atom. The molecule has 5 heteroatoms. The van der Waals surface area contributed by atoms with Crippen molar-refractivity contribution in [1.82, 2.24) is 10.2 Å². The number of rotatable bonds is 3. The zero-order valence-electron chi connectivity index (χ0n) is 11.4. The van der Waals surface area contributed by atoms with Gasteiger partial charge in [0.1, 0.15) is 0 Å². The molecule has 0 unspecified atom stereocenters. The van der Waals surface area contributed by atoms with Crippen molar-refractivity contribution in [3.05, 3.63) is 29.3 Å². The number of nitrogens with one attached hydrogen (secondary N) is 1. The number of hydrogen-bond donors (Lipinski definition) is 1. The standard InChI is InChI=1S/C14H20N2OS.ClH/c1-11-3-4-12(2)13(9-11)18-10-14(17)16-7-5-15-6-8-16;/h3-4,9,15H,5-8,10H2,1-2H3;1H. The van der Waals surface area contributed by atoms with Gasteiger partial charge in [-0.25, -0.2) is 0 Å². The number of carbonyl (C=O) groups is 1. The highest BCUT2D eigenvalue weighted by atomic mass is 35.5. The van der Waals surface area contributed by atoms with E-state index in [1.54, 1.807) is 11.8 Å². The summed E-state index contributed by atoms with van der Waals surface area (Å²) in [6.07, 6.45) is 0. The average Bonchev–Trinajstić information content (AvgIpc) is 2.40. The van der Waals surface area contributed by atoms with Crippen molar-refractivity contribution in [1.29, 1.82) is 0 Å². The molecule has 1 heterocycles. The lowest BCUT2D eigenvalue weighted by molar-refractivity contribution is -0.128. The summed E-state index contributed by atoms with van der Waals surface area (Å²) in [4.78, 5) is 15.2. The number of aryl methyl sites for hydroxylation is 2. The van der Waals surface area contributed by atoms with E-state index in [1.807, 2.05) is 4.90 Å². The van der Waals surface area contributed by atoms with E-state index in [0.717, 1.165) is 26.2 Å². The molecule has 2 rings (SSSR count). The summed E-state index contributed by atoms with van der Waals surface area (Å²) in [5, 5.41) is 3.26. The van der Waals surface area contributed by atoms with E-state index in [9.17, 15) is 4.79 Å². The van der Waals surface area contributed by atoms with Gasteiger partial charge in [0.15, 0.2) is 0 Å². The van der Waals surface area contributed by atoms with Crippen LogP contribution in [0, 0.1) is 13.8 Å². The Kier molecular flexibility index (Phi) is 6.69. The van der Waals surface area contributed by atoms with E-state index in [4.69, 9.17) is 0 Å². The number of nitrogens with zero attached hydrogens (tertiary/aromatic N) is 1. The molecule has 1 N–H and O–H groups in total. The minimum absolute atomic E-state index is 0. The monoisotopic (exact) mass is 300 g/mol. The van der Waals surface area contributed by atoms with Crippen LogP contribution in [0.4, 0.5) is 0 Å². The number of amides is 1. The van der Waals surface area contributed by atoms with Crippen molar-refractivity contribution in [2.24, 2.45) is 0 Å². The second-order valence-electron chi connectivity index (χ2n) is 4.69. The van der Waals surface area contributed by atoms with Gasteiger partial charge in [0.05, 0.1) is 5.75 Å². The van der Waals surface area contributed by atoms with Crippen LogP contribution in [-0.2, 0) is 4.79 Å². The van der Waals surface area contributed by atoms with Gasteiger partial charge in [-0.3, -0.25) is 4.79 Å². The Morgan fingerprint density at radius 3 is 2.68 bits per heavy atom. The summed E-state index contributed by atoms with van der Waals surface area (Å²) < 4.78 is 0. The Balaban J connectivity index is 0.00000180. The first kappa shape index (κ1) is 16.3. The molecule has 1 fully saturated rings. The number of thioether (sulfide) groups is 1. The Morgan fingerprint density at radius 1 is 1.32 bits per heavy atom. The predicted molar refractivity (Wildman–Crippen MR) is 83.3 cm³/mol. The molecule has 1 aliphatic heterocycles. The average molecular weight is 301 g/mol. The highest BCUT2D eigenvalue weighted by Gasteiger charge is 2.16. The van der Waals surface area contributed by atoms with Gasteiger partial charge in [-0.15, -0.1) is 24.2 Å². The fraction of sp³-hybridized carbons (Fsp3) is 0.500. The smallest absolute Gasteiger partial charge is 0.233 e. The molecule has 19 heavy (non-hydrogen) atoms. The zero-order valence-corrected chi connectivity index (χ0v) is 13.1. The minimum atomic E-state index is 0. The largest absolute Gasteiger partial charge is 0.339 e. The topological polar surface area (TPSA) is 32.3 Å². The summed E-state index contributed by atoms with van der Waals surface area (Å²) in [6.45, 7) is 7.69. The maximum absolute atomic E-state index is 12.0. The van der Waals surface area contributed by atoms with Crippen molar-refractivity contribution in [3.8, 4) is 0 Å². The lowest BCUT2D eigenvalue weighted by atomic mass is 10.2. The van der Waals surface area contributed by atoms with Gasteiger partial charge in [-0.2, -0.15) is 0 Å². The highest BCUT2D eigenvalue weighted by molar-refractivity contribution is 8.00. The van der Waals surface area contributed by atoms with Crippen LogP contribution in [0.3, 0.4) is 0 Å². The van der Waals surface area contributed by atoms with Crippen molar-refractivity contribution in [3.63, 3.8) is 0 Å². The third-order valence-corrected chi connectivity index (χ3v) is 4.31. The van der Waals surface area contributed by atoms with Crippen LogP contribution in [0.15, 0.2) is 23.1 Å². The molecule has 1 aliphatic rings. The molecule has 0 saturated carbocycles. The van der Waals surface area contributed by atoms with E-state index in [-0.39, 0.29) is 18.3 Å². The third-order valence-electron chi connectivity index (χ3n) is 3.16. The molecule has 0 spiro atoms. The fourth-order valence-corrected chi connectivity index (χ4v) is 3.03. The van der Waals surface area contributed by atoms with Gasteiger partial charge >= 0.3 is 0 Å². The quantitative estimate of drug-likeness (QED) is 0.869. The lowest BCUT2D eigenvalue weighted by Crippen LogP contribution is -2.47. The summed E-state index contributed by atoms with van der Waals surface area (Å²) in [5.41, 5.74) is 2.50. The van der Waals surface area contributed by atoms with E-state index in [1.165, 1.54) is 16.0 Å². The van der Waals surface area contributed by atoms with Crippen molar-refractivity contribution in [2.75, 3.05) is 31.9 Å². The summed E-state index contributed by atoms with van der Waals surface area (Å²) in [6, 6.07) is 6.38. The SMILES string of the molecule is Cc1ccc(C)c(SCC(=O)N2CCNCC2)c1.Cl. The van der Waals surface area contributed by atoms with E-state index < -0.39 is 0 Å². The Hall–Kier alpha value is -0.710. The first-order valence-electron chi connectivity index (χ1n) is 6.35. The van der Waals surface area contributed by atoms with Crippen LogP contribution in [-0.4, -0.2) is 42.7 Å². The molecule has 0 radical (unpaired) electrons. The number of hydrogen-bond acceptors (Lipinski definition) is 3. The maximum Gasteiger partial charge on any atom is 0.233 e. The summed E-state index contributed by atoms with van der Waals surface area (Å²) in [7, 11) is 0. The molecular formula is C14H21ClN2OS. The maximum atomic E-state index is 12.0. The molecule has 0 aliphatic carbocycles. The zero-order chi connectivity index (χ0) is 13.0. The molecule has 3 nitrogen and oxygen atoms in total. The van der Waals surface area contributed by atoms with Crippen LogP contribution in [0.1, 0.15) is 11.1 Å². The molecule has 0 atom stereocenters. The van der Waals surface area contributed by atoms with E-state index in [2.05, 4.69) is 37.4 Å². The molecule has 1 aromatic carbocycles. The number of halogens is 1. The van der Waals surface area contributed by atoms with E-state index in [0.29, 0.717) is 5.75 Å². The van der Waals surface area contributed by atoms with Crippen LogP contribution in [0.2, 0.25) is 0 Å². The normalized spacial score (nSPS) is 14.9. The van der Waals surface area contributed by atoms with Crippen LogP contribution < -0.4 is 5.32 Å². The van der Waals surface area contributed by atoms with Gasteiger partial charge in [-0.05, 0) is 25.5 Å². The molecule has 0 aromatic heterocycles. The first-order valence-corrected chi connectivity index (χ1v) is 7.34. The van der Waals surface area contributed by atoms with Gasteiger partial charge < -0.3 is 10.2 Å². The van der Waals surface area contributed by atoms with Gasteiger partial charge in [0, 0.05) is 31.1 Å². The molecule has 1 aromatic rings. The van der Waals surface area contributed by atoms with Crippen LogP contribution in [0.5, 0.6) is 0 Å². The second kappa shape index (κ2) is 7.78. The molecule has 0 bridgehead atoms. The predicted octanol–water partition coefficient (Wildman–Crippen LogP) is 2.25.